The lowest BCUT2D eigenvalue weighted by Crippen LogP contribution is -2.07. The second kappa shape index (κ2) is 7.87. The molecule has 1 atom stereocenters. The number of rotatable bonds is 6. The minimum Gasteiger partial charge on any atom is -0.489 e. The van der Waals surface area contributed by atoms with Gasteiger partial charge in [0.15, 0.2) is 0 Å². The van der Waals surface area contributed by atoms with E-state index in [0.717, 1.165) is 33.9 Å². The fourth-order valence-electron chi connectivity index (χ4n) is 3.04. The van der Waals surface area contributed by atoms with Crippen LogP contribution in [-0.2, 0) is 11.4 Å². The summed E-state index contributed by atoms with van der Waals surface area (Å²) in [4.78, 5) is 23.5. The maximum atomic E-state index is 12.0. The van der Waals surface area contributed by atoms with Crippen molar-refractivity contribution in [1.29, 1.82) is 0 Å². The molecule has 1 aromatic heterocycles. The number of hydrogen-bond acceptors (Lipinski definition) is 3. The summed E-state index contributed by atoms with van der Waals surface area (Å²) in [6.07, 6.45) is 2.74. The van der Waals surface area contributed by atoms with E-state index in [1.54, 1.807) is 4.57 Å². The number of ether oxygens (including phenoxy) is 1. The molecule has 3 aromatic rings. The zero-order valence-corrected chi connectivity index (χ0v) is 16.3. The maximum Gasteiger partial charge on any atom is 0.227 e. The minimum atomic E-state index is -0.315. The monoisotopic (exact) mass is 413 g/mol. The Morgan fingerprint density at radius 2 is 2.00 bits per heavy atom. The van der Waals surface area contributed by atoms with Gasteiger partial charge < -0.3 is 9.53 Å². The molecule has 0 amide bonds. The van der Waals surface area contributed by atoms with Crippen molar-refractivity contribution in [2.45, 2.75) is 26.4 Å². The van der Waals surface area contributed by atoms with E-state index in [0.29, 0.717) is 17.7 Å². The minimum absolute atomic E-state index is 0.0581. The molecule has 0 spiro atoms. The molecule has 0 aliphatic rings. The van der Waals surface area contributed by atoms with Crippen molar-refractivity contribution in [3.8, 4) is 5.75 Å². The molecule has 0 N–H and O–H groups in total. The van der Waals surface area contributed by atoms with Crippen LogP contribution >= 0.6 is 15.9 Å². The molecule has 0 saturated heterocycles. The summed E-state index contributed by atoms with van der Waals surface area (Å²) in [5.41, 5.74) is 3.65. The summed E-state index contributed by atoms with van der Waals surface area (Å²) in [7, 11) is 0. The highest BCUT2D eigenvalue weighted by molar-refractivity contribution is 9.09. The van der Waals surface area contributed by atoms with Crippen molar-refractivity contribution >= 4 is 39.0 Å². The SMILES string of the molecule is CC(=O)n1cc(C)c2cc(C(C=O)CBr)c(OCc3ccccc3)cc21. The Morgan fingerprint density at radius 1 is 1.27 bits per heavy atom. The van der Waals surface area contributed by atoms with Gasteiger partial charge in [0, 0.05) is 35.5 Å². The van der Waals surface area contributed by atoms with Crippen molar-refractivity contribution < 1.29 is 14.3 Å². The molecule has 1 heterocycles. The molecule has 0 bridgehead atoms. The first-order valence-corrected chi connectivity index (χ1v) is 9.51. The van der Waals surface area contributed by atoms with Gasteiger partial charge in [0.1, 0.15) is 18.6 Å². The number of alkyl halides is 1. The van der Waals surface area contributed by atoms with Crippen molar-refractivity contribution in [3.63, 3.8) is 0 Å². The van der Waals surface area contributed by atoms with Crippen LogP contribution in [-0.4, -0.2) is 22.1 Å². The predicted molar refractivity (Wildman–Crippen MR) is 106 cm³/mol. The topological polar surface area (TPSA) is 48.3 Å². The van der Waals surface area contributed by atoms with E-state index in [2.05, 4.69) is 15.9 Å². The molecule has 0 radical (unpaired) electrons. The molecular weight excluding hydrogens is 394 g/mol. The molecule has 26 heavy (non-hydrogen) atoms. The molecule has 134 valence electrons. The van der Waals surface area contributed by atoms with Crippen LogP contribution in [0.2, 0.25) is 0 Å². The molecule has 3 rings (SSSR count). The van der Waals surface area contributed by atoms with Crippen LogP contribution in [0.15, 0.2) is 48.7 Å². The Kier molecular flexibility index (Phi) is 5.57. The number of fused-ring (bicyclic) bond motifs is 1. The van der Waals surface area contributed by atoms with Gasteiger partial charge in [0.2, 0.25) is 5.91 Å². The van der Waals surface area contributed by atoms with E-state index in [9.17, 15) is 9.59 Å². The summed E-state index contributed by atoms with van der Waals surface area (Å²) < 4.78 is 7.67. The van der Waals surface area contributed by atoms with E-state index in [-0.39, 0.29) is 11.8 Å². The number of halogens is 1. The van der Waals surface area contributed by atoms with Crippen LogP contribution in [0.4, 0.5) is 0 Å². The Labute approximate surface area is 160 Å². The van der Waals surface area contributed by atoms with E-state index >= 15 is 0 Å². The van der Waals surface area contributed by atoms with Crippen molar-refractivity contribution in [2.75, 3.05) is 5.33 Å². The van der Waals surface area contributed by atoms with E-state index < -0.39 is 0 Å². The highest BCUT2D eigenvalue weighted by Gasteiger charge is 2.19. The van der Waals surface area contributed by atoms with E-state index in [1.165, 1.54) is 6.92 Å². The Bertz CT molecular complexity index is 947. The first kappa shape index (κ1) is 18.4. The number of aromatic nitrogens is 1. The van der Waals surface area contributed by atoms with Gasteiger partial charge in [-0.3, -0.25) is 9.36 Å². The van der Waals surface area contributed by atoms with Gasteiger partial charge in [0.05, 0.1) is 11.4 Å². The maximum absolute atomic E-state index is 12.0. The van der Waals surface area contributed by atoms with Crippen molar-refractivity contribution in [2.24, 2.45) is 0 Å². The smallest absolute Gasteiger partial charge is 0.227 e. The molecular formula is C21H20BrNO3. The number of nitrogens with zero attached hydrogens (tertiary/aromatic N) is 1. The Balaban J connectivity index is 2.10. The summed E-state index contributed by atoms with van der Waals surface area (Å²) in [6, 6.07) is 13.7. The van der Waals surface area contributed by atoms with Gasteiger partial charge in [0.25, 0.3) is 0 Å². The normalized spacial score (nSPS) is 12.1. The third-order valence-corrected chi connectivity index (χ3v) is 5.14. The van der Waals surface area contributed by atoms with Crippen molar-refractivity contribution in [3.05, 3.63) is 65.4 Å². The molecule has 4 nitrogen and oxygen atoms in total. The van der Waals surface area contributed by atoms with Crippen LogP contribution in [0.1, 0.15) is 34.3 Å². The second-order valence-corrected chi connectivity index (χ2v) is 6.93. The lowest BCUT2D eigenvalue weighted by Gasteiger charge is -2.16. The molecule has 0 saturated carbocycles. The number of aryl methyl sites for hydroxylation is 1. The summed E-state index contributed by atoms with van der Waals surface area (Å²) in [5, 5.41) is 1.46. The van der Waals surface area contributed by atoms with Gasteiger partial charge in [-0.2, -0.15) is 0 Å². The number of aldehydes is 1. The largest absolute Gasteiger partial charge is 0.489 e. The molecule has 0 fully saturated rings. The first-order chi connectivity index (χ1) is 12.5. The van der Waals surface area contributed by atoms with Gasteiger partial charge in [-0.15, -0.1) is 0 Å². The lowest BCUT2D eigenvalue weighted by molar-refractivity contribution is -0.108. The fourth-order valence-corrected chi connectivity index (χ4v) is 3.54. The average Bonchev–Trinajstić information content (AvgIpc) is 2.98. The number of hydrogen-bond donors (Lipinski definition) is 0. The molecule has 2 aromatic carbocycles. The van der Waals surface area contributed by atoms with Crippen LogP contribution in [0.3, 0.4) is 0 Å². The fraction of sp³-hybridized carbons (Fsp3) is 0.238. The van der Waals surface area contributed by atoms with Gasteiger partial charge in [-0.1, -0.05) is 46.3 Å². The number of benzene rings is 2. The quantitative estimate of drug-likeness (QED) is 0.427. The lowest BCUT2D eigenvalue weighted by atomic mass is 9.98. The molecule has 5 heteroatoms. The van der Waals surface area contributed by atoms with Crippen LogP contribution < -0.4 is 4.74 Å². The van der Waals surface area contributed by atoms with Crippen LogP contribution in [0.5, 0.6) is 5.75 Å². The average molecular weight is 414 g/mol. The highest BCUT2D eigenvalue weighted by atomic mass is 79.9. The predicted octanol–water partition coefficient (Wildman–Crippen LogP) is 4.87. The van der Waals surface area contributed by atoms with E-state index in [1.807, 2.05) is 55.6 Å². The standard InChI is InChI=1S/C21H20BrNO3/c1-14-11-23(15(2)25)20-9-21(26-13-16-6-4-3-5-7-16)19(8-18(14)20)17(10-22)12-24/h3-9,11-12,17H,10,13H2,1-2H3. The first-order valence-electron chi connectivity index (χ1n) is 8.39. The van der Waals surface area contributed by atoms with E-state index in [4.69, 9.17) is 4.74 Å². The summed E-state index contributed by atoms with van der Waals surface area (Å²) in [6.45, 7) is 3.89. The van der Waals surface area contributed by atoms with Gasteiger partial charge in [-0.25, -0.2) is 0 Å². The third-order valence-electron chi connectivity index (χ3n) is 4.44. The van der Waals surface area contributed by atoms with Gasteiger partial charge in [-0.05, 0) is 24.1 Å². The van der Waals surface area contributed by atoms with Crippen LogP contribution in [0.25, 0.3) is 10.9 Å². The summed E-state index contributed by atoms with van der Waals surface area (Å²) >= 11 is 3.41. The van der Waals surface area contributed by atoms with Crippen LogP contribution in [0, 0.1) is 6.92 Å². The zero-order valence-electron chi connectivity index (χ0n) is 14.7. The molecule has 0 aliphatic carbocycles. The Morgan fingerprint density at radius 3 is 2.62 bits per heavy atom. The third kappa shape index (κ3) is 3.58. The Hall–Kier alpha value is -2.40. The molecule has 0 aliphatic heterocycles. The highest BCUT2D eigenvalue weighted by Crippen LogP contribution is 2.34. The van der Waals surface area contributed by atoms with Crippen molar-refractivity contribution in [1.82, 2.24) is 4.57 Å². The number of carbonyl (C=O) groups excluding carboxylic acids is 2. The summed E-state index contributed by atoms with van der Waals surface area (Å²) in [5.74, 6) is 0.251. The second-order valence-electron chi connectivity index (χ2n) is 6.28. The zero-order chi connectivity index (χ0) is 18.7. The number of carbonyl (C=O) groups is 2. The van der Waals surface area contributed by atoms with Gasteiger partial charge >= 0.3 is 0 Å². The molecule has 1 unspecified atom stereocenters.